The fourth-order valence-corrected chi connectivity index (χ4v) is 2.07. The third-order valence-corrected chi connectivity index (χ3v) is 3.16. The average Bonchev–Trinajstić information content (AvgIpc) is 2.74. The van der Waals surface area contributed by atoms with E-state index in [0.717, 1.165) is 12.0 Å². The highest BCUT2D eigenvalue weighted by Gasteiger charge is 2.15. The Labute approximate surface area is 117 Å². The molecule has 1 amide bonds. The van der Waals surface area contributed by atoms with Crippen LogP contribution in [0.25, 0.3) is 0 Å². The Balaban J connectivity index is 2.33. The maximum atomic E-state index is 12.3. The number of aldehydes is 1. The summed E-state index contributed by atoms with van der Waals surface area (Å²) in [7, 11) is 1.52. The highest BCUT2D eigenvalue weighted by molar-refractivity contribution is 6.02. The standard InChI is InChI=1S/C15H16N2O3/c1-10-8-12(9-18)11(2)17(10)16-15(19)13-6-4-5-7-14(13)20-3/h4-9H,1-3H3,(H,16,19). The van der Waals surface area contributed by atoms with E-state index in [1.54, 1.807) is 41.9 Å². The number of amides is 1. The number of hydrogen-bond acceptors (Lipinski definition) is 3. The molecule has 104 valence electrons. The molecule has 5 nitrogen and oxygen atoms in total. The van der Waals surface area contributed by atoms with Crippen molar-refractivity contribution < 1.29 is 14.3 Å². The quantitative estimate of drug-likeness (QED) is 0.869. The van der Waals surface area contributed by atoms with Gasteiger partial charge in [-0.2, -0.15) is 0 Å². The molecule has 0 aliphatic rings. The van der Waals surface area contributed by atoms with Gasteiger partial charge in [-0.05, 0) is 32.0 Å². The smallest absolute Gasteiger partial charge is 0.273 e. The molecule has 1 heterocycles. The van der Waals surface area contributed by atoms with Crippen LogP contribution in [0.15, 0.2) is 30.3 Å². The van der Waals surface area contributed by atoms with Gasteiger partial charge < -0.3 is 4.74 Å². The molecule has 0 unspecified atom stereocenters. The molecule has 0 fully saturated rings. The second-order valence-corrected chi connectivity index (χ2v) is 4.42. The van der Waals surface area contributed by atoms with E-state index in [-0.39, 0.29) is 5.91 Å². The maximum absolute atomic E-state index is 12.3. The molecule has 0 saturated heterocycles. The molecule has 0 saturated carbocycles. The SMILES string of the molecule is COc1ccccc1C(=O)Nn1c(C)cc(C=O)c1C. The summed E-state index contributed by atoms with van der Waals surface area (Å²) in [6.07, 6.45) is 0.772. The summed E-state index contributed by atoms with van der Waals surface area (Å²) in [6.45, 7) is 3.60. The van der Waals surface area contributed by atoms with Crippen LogP contribution in [0.1, 0.15) is 32.1 Å². The van der Waals surface area contributed by atoms with Gasteiger partial charge in [0.2, 0.25) is 0 Å². The summed E-state index contributed by atoms with van der Waals surface area (Å²) in [5, 5.41) is 0. The monoisotopic (exact) mass is 272 g/mol. The van der Waals surface area contributed by atoms with Crippen LogP contribution in [0.3, 0.4) is 0 Å². The van der Waals surface area contributed by atoms with E-state index < -0.39 is 0 Å². The van der Waals surface area contributed by atoms with Crippen LogP contribution in [-0.4, -0.2) is 24.0 Å². The summed E-state index contributed by atoms with van der Waals surface area (Å²) in [5.41, 5.74) is 5.24. The number of nitrogens with zero attached hydrogens (tertiary/aromatic N) is 1. The predicted octanol–water partition coefficient (Wildman–Crippen LogP) is 2.31. The second-order valence-electron chi connectivity index (χ2n) is 4.42. The zero-order valence-electron chi connectivity index (χ0n) is 11.6. The Kier molecular flexibility index (Phi) is 3.89. The van der Waals surface area contributed by atoms with E-state index in [1.807, 2.05) is 6.92 Å². The van der Waals surface area contributed by atoms with E-state index in [0.29, 0.717) is 22.6 Å². The molecule has 0 aliphatic carbocycles. The number of aromatic nitrogens is 1. The highest BCUT2D eigenvalue weighted by Crippen LogP contribution is 2.18. The molecule has 2 rings (SSSR count). The van der Waals surface area contributed by atoms with Gasteiger partial charge in [-0.3, -0.25) is 19.7 Å². The van der Waals surface area contributed by atoms with Crippen LogP contribution in [0, 0.1) is 13.8 Å². The van der Waals surface area contributed by atoms with E-state index >= 15 is 0 Å². The molecule has 0 atom stereocenters. The molecule has 20 heavy (non-hydrogen) atoms. The number of para-hydroxylation sites is 1. The first-order valence-corrected chi connectivity index (χ1v) is 6.17. The second kappa shape index (κ2) is 5.61. The summed E-state index contributed by atoms with van der Waals surface area (Å²) in [6, 6.07) is 8.70. The number of rotatable bonds is 4. The van der Waals surface area contributed by atoms with Crippen LogP contribution in [-0.2, 0) is 0 Å². The Morgan fingerprint density at radius 2 is 2.00 bits per heavy atom. The number of benzene rings is 1. The van der Waals surface area contributed by atoms with Crippen LogP contribution in [0.4, 0.5) is 0 Å². The minimum Gasteiger partial charge on any atom is -0.496 e. The van der Waals surface area contributed by atoms with Crippen molar-refractivity contribution in [2.24, 2.45) is 0 Å². The molecule has 0 aliphatic heterocycles. The van der Waals surface area contributed by atoms with Gasteiger partial charge in [-0.1, -0.05) is 12.1 Å². The van der Waals surface area contributed by atoms with Crippen LogP contribution in [0.5, 0.6) is 5.75 Å². The molecular formula is C15H16N2O3. The topological polar surface area (TPSA) is 60.3 Å². The van der Waals surface area contributed by atoms with E-state index in [1.165, 1.54) is 7.11 Å². The number of nitrogens with one attached hydrogen (secondary N) is 1. The van der Waals surface area contributed by atoms with Crippen molar-refractivity contribution in [1.82, 2.24) is 4.68 Å². The van der Waals surface area contributed by atoms with Gasteiger partial charge in [-0.15, -0.1) is 0 Å². The fourth-order valence-electron chi connectivity index (χ4n) is 2.07. The first-order valence-electron chi connectivity index (χ1n) is 6.17. The first-order chi connectivity index (χ1) is 9.58. The van der Waals surface area contributed by atoms with Crippen molar-refractivity contribution in [1.29, 1.82) is 0 Å². The Bertz CT molecular complexity index is 659. The molecule has 5 heteroatoms. The lowest BCUT2D eigenvalue weighted by atomic mass is 10.2. The maximum Gasteiger partial charge on any atom is 0.273 e. The van der Waals surface area contributed by atoms with Crippen molar-refractivity contribution in [3.8, 4) is 5.75 Å². The van der Waals surface area contributed by atoms with Crippen molar-refractivity contribution in [2.45, 2.75) is 13.8 Å². The summed E-state index contributed by atoms with van der Waals surface area (Å²) in [5.74, 6) is 0.213. The van der Waals surface area contributed by atoms with Crippen LogP contribution < -0.4 is 10.2 Å². The van der Waals surface area contributed by atoms with Crippen molar-refractivity contribution in [2.75, 3.05) is 12.5 Å². The molecule has 1 aromatic carbocycles. The van der Waals surface area contributed by atoms with Gasteiger partial charge in [-0.25, -0.2) is 0 Å². The Morgan fingerprint density at radius 1 is 1.30 bits per heavy atom. The Morgan fingerprint density at radius 3 is 2.60 bits per heavy atom. The van der Waals surface area contributed by atoms with E-state index in [4.69, 9.17) is 4.74 Å². The number of methoxy groups -OCH3 is 1. The van der Waals surface area contributed by atoms with E-state index in [2.05, 4.69) is 5.43 Å². The van der Waals surface area contributed by atoms with E-state index in [9.17, 15) is 9.59 Å². The number of carbonyl (C=O) groups is 2. The molecule has 1 N–H and O–H groups in total. The minimum absolute atomic E-state index is 0.290. The molecule has 0 spiro atoms. The van der Waals surface area contributed by atoms with Gasteiger partial charge in [0.05, 0.1) is 12.7 Å². The largest absolute Gasteiger partial charge is 0.496 e. The molecule has 2 aromatic rings. The number of hydrogen-bond donors (Lipinski definition) is 1. The lowest BCUT2D eigenvalue weighted by molar-refractivity contribution is 0.100. The minimum atomic E-state index is -0.290. The molecule has 0 radical (unpaired) electrons. The predicted molar refractivity (Wildman–Crippen MR) is 76.0 cm³/mol. The summed E-state index contributed by atoms with van der Waals surface area (Å²) in [4.78, 5) is 23.2. The van der Waals surface area contributed by atoms with Crippen LogP contribution in [0.2, 0.25) is 0 Å². The van der Waals surface area contributed by atoms with Crippen molar-refractivity contribution in [3.05, 3.63) is 52.8 Å². The lowest BCUT2D eigenvalue weighted by Gasteiger charge is -2.13. The third kappa shape index (κ3) is 2.42. The van der Waals surface area contributed by atoms with Crippen molar-refractivity contribution >= 4 is 12.2 Å². The first kappa shape index (κ1) is 13.9. The number of carbonyl (C=O) groups excluding carboxylic acids is 2. The normalized spacial score (nSPS) is 10.2. The van der Waals surface area contributed by atoms with Gasteiger partial charge in [0.15, 0.2) is 6.29 Å². The Hall–Kier alpha value is -2.56. The highest BCUT2D eigenvalue weighted by atomic mass is 16.5. The van der Waals surface area contributed by atoms with Gasteiger partial charge >= 0.3 is 0 Å². The summed E-state index contributed by atoms with van der Waals surface area (Å²) < 4.78 is 6.76. The lowest BCUT2D eigenvalue weighted by Crippen LogP contribution is -2.25. The zero-order chi connectivity index (χ0) is 14.7. The third-order valence-electron chi connectivity index (χ3n) is 3.16. The van der Waals surface area contributed by atoms with Gasteiger partial charge in [0.1, 0.15) is 5.75 Å². The summed E-state index contributed by atoms with van der Waals surface area (Å²) >= 11 is 0. The van der Waals surface area contributed by atoms with Crippen LogP contribution >= 0.6 is 0 Å². The van der Waals surface area contributed by atoms with Gasteiger partial charge in [0, 0.05) is 17.0 Å². The average molecular weight is 272 g/mol. The fraction of sp³-hybridized carbons (Fsp3) is 0.200. The van der Waals surface area contributed by atoms with Crippen molar-refractivity contribution in [3.63, 3.8) is 0 Å². The molecule has 1 aromatic heterocycles. The zero-order valence-corrected chi connectivity index (χ0v) is 11.6. The molecular weight excluding hydrogens is 256 g/mol. The number of aryl methyl sites for hydroxylation is 1. The van der Waals surface area contributed by atoms with Gasteiger partial charge in [0.25, 0.3) is 5.91 Å². The molecule has 0 bridgehead atoms. The number of ether oxygens (including phenoxy) is 1.